The smallest absolute Gasteiger partial charge is 0.490 e. The van der Waals surface area contributed by atoms with Crippen molar-refractivity contribution in [3.63, 3.8) is 0 Å². The highest BCUT2D eigenvalue weighted by atomic mass is 32.2. The number of aliphatic carboxylic acids is 1. The molecule has 0 aliphatic carbocycles. The Morgan fingerprint density at radius 1 is 1.11 bits per heavy atom. The first-order valence-corrected chi connectivity index (χ1v) is 14.1. The van der Waals surface area contributed by atoms with Gasteiger partial charge in [0.25, 0.3) is 5.91 Å². The zero-order valence-corrected chi connectivity index (χ0v) is 21.9. The number of carbonyl (C=O) groups excluding carboxylic acids is 1. The van der Waals surface area contributed by atoms with Crippen molar-refractivity contribution < 1.29 is 41.0 Å². The van der Waals surface area contributed by atoms with E-state index in [1.807, 2.05) is 34.5 Å². The molecule has 4 rings (SSSR count). The summed E-state index contributed by atoms with van der Waals surface area (Å²) in [6.45, 7) is 2.11. The average molecular weight is 571 g/mol. The summed E-state index contributed by atoms with van der Waals surface area (Å²) in [5.74, 6) is -1.52. The van der Waals surface area contributed by atoms with Gasteiger partial charge in [-0.3, -0.25) is 9.78 Å². The molecule has 0 unspecified atom stereocenters. The maximum atomic E-state index is 12.4. The number of amides is 1. The molecule has 3 heterocycles. The third-order valence-electron chi connectivity index (χ3n) is 5.68. The number of sulfone groups is 1. The molecule has 2 aromatic heterocycles. The number of piperidine rings is 1. The van der Waals surface area contributed by atoms with Crippen LogP contribution in [0.4, 0.5) is 13.2 Å². The Labute approximate surface area is 221 Å². The minimum absolute atomic E-state index is 0.124. The van der Waals surface area contributed by atoms with Crippen LogP contribution >= 0.6 is 11.3 Å². The van der Waals surface area contributed by atoms with Gasteiger partial charge in [-0.25, -0.2) is 13.2 Å². The molecule has 0 atom stereocenters. The third-order valence-corrected chi connectivity index (χ3v) is 7.66. The Morgan fingerprint density at radius 3 is 2.21 bits per heavy atom. The Bertz CT molecular complexity index is 1320. The van der Waals surface area contributed by atoms with Crippen molar-refractivity contribution >= 4 is 33.1 Å². The van der Waals surface area contributed by atoms with Gasteiger partial charge in [-0.2, -0.15) is 13.2 Å². The second-order valence-electron chi connectivity index (χ2n) is 8.50. The highest BCUT2D eigenvalue weighted by Crippen LogP contribution is 2.24. The van der Waals surface area contributed by atoms with Crippen LogP contribution in [0.5, 0.6) is 5.75 Å². The molecule has 1 aliphatic heterocycles. The molecular weight excluding hydrogens is 545 g/mol. The molecule has 1 aromatic carbocycles. The van der Waals surface area contributed by atoms with Gasteiger partial charge in [0.1, 0.15) is 5.75 Å². The van der Waals surface area contributed by atoms with Crippen LogP contribution in [0.1, 0.15) is 22.5 Å². The van der Waals surface area contributed by atoms with E-state index in [1.165, 1.54) is 17.6 Å². The van der Waals surface area contributed by atoms with Gasteiger partial charge in [-0.05, 0) is 54.5 Å². The fourth-order valence-electron chi connectivity index (χ4n) is 3.58. The topological polar surface area (TPSA) is 114 Å². The van der Waals surface area contributed by atoms with Gasteiger partial charge in [0.05, 0.1) is 28.3 Å². The van der Waals surface area contributed by atoms with E-state index in [9.17, 15) is 26.4 Å². The molecule has 8 nitrogen and oxygen atoms in total. The number of nitrogens with zero attached hydrogens (tertiary/aromatic N) is 2. The van der Waals surface area contributed by atoms with E-state index < -0.39 is 22.0 Å². The molecular formula is C25H25F3N2O6S2. The van der Waals surface area contributed by atoms with Crippen molar-refractivity contribution in [1.82, 2.24) is 9.88 Å². The Hall–Kier alpha value is -3.45. The minimum Gasteiger partial charge on any atom is -0.492 e. The molecule has 1 amide bonds. The number of alkyl halides is 3. The number of aromatic nitrogens is 1. The number of thiophene rings is 1. The van der Waals surface area contributed by atoms with Crippen LogP contribution < -0.4 is 4.74 Å². The normalized spacial score (nSPS) is 14.4. The maximum Gasteiger partial charge on any atom is 0.490 e. The first kappa shape index (κ1) is 29.1. The number of carbonyl (C=O) groups is 2. The van der Waals surface area contributed by atoms with Gasteiger partial charge in [0.15, 0.2) is 9.84 Å². The summed E-state index contributed by atoms with van der Waals surface area (Å²) in [6, 6.07) is 14.2. The Morgan fingerprint density at radius 2 is 1.74 bits per heavy atom. The summed E-state index contributed by atoms with van der Waals surface area (Å²) in [5, 5.41) is 9.05. The lowest BCUT2D eigenvalue weighted by Crippen LogP contribution is -2.39. The second-order valence-corrected chi connectivity index (χ2v) is 11.5. The number of likely N-dealkylation sites (tertiary alicyclic amines) is 1. The lowest BCUT2D eigenvalue weighted by atomic mass is 9.97. The fourth-order valence-corrected chi connectivity index (χ4v) is 4.90. The first-order chi connectivity index (χ1) is 17.8. The van der Waals surface area contributed by atoms with Crippen LogP contribution in [-0.2, 0) is 14.6 Å². The van der Waals surface area contributed by atoms with Gasteiger partial charge < -0.3 is 14.7 Å². The predicted octanol–water partition coefficient (Wildman–Crippen LogP) is 4.78. The molecule has 204 valence electrons. The lowest BCUT2D eigenvalue weighted by molar-refractivity contribution is -0.192. The van der Waals surface area contributed by atoms with Gasteiger partial charge in [0, 0.05) is 24.9 Å². The Kier molecular flexibility index (Phi) is 9.50. The van der Waals surface area contributed by atoms with Crippen LogP contribution in [0, 0.1) is 5.92 Å². The largest absolute Gasteiger partial charge is 0.492 e. The summed E-state index contributed by atoms with van der Waals surface area (Å²) in [6.07, 6.45) is -0.349. The number of rotatable bonds is 6. The maximum absolute atomic E-state index is 12.4. The molecule has 38 heavy (non-hydrogen) atoms. The SMILES string of the molecule is CS(=O)(=O)c1ccc(-c2ccc(OCC3CCN(C(=O)c4cccs4)CC3)cn2)cc1.O=C(O)C(F)(F)F. The number of ether oxygens (including phenoxy) is 1. The van der Waals surface area contributed by atoms with E-state index in [4.69, 9.17) is 14.6 Å². The number of halogens is 3. The number of carboxylic acid groups (broad SMARTS) is 1. The van der Waals surface area contributed by atoms with Crippen molar-refractivity contribution in [3.8, 4) is 17.0 Å². The van der Waals surface area contributed by atoms with Gasteiger partial charge in [-0.15, -0.1) is 11.3 Å². The summed E-state index contributed by atoms with van der Waals surface area (Å²) in [4.78, 5) is 28.8. The van der Waals surface area contributed by atoms with Crippen molar-refractivity contribution in [2.45, 2.75) is 23.9 Å². The molecule has 0 radical (unpaired) electrons. The standard InChI is InChI=1S/C23H24N2O4S2.C2HF3O2/c1-31(27,28)20-7-4-18(5-8-20)21-9-6-19(15-24-21)29-16-17-10-12-25(13-11-17)23(26)22-3-2-14-30-22;3-2(4,5)1(6)7/h2-9,14-15,17H,10-13,16H2,1H3;(H,6,7). The van der Waals surface area contributed by atoms with Gasteiger partial charge >= 0.3 is 12.1 Å². The van der Waals surface area contributed by atoms with Crippen LogP contribution in [0.25, 0.3) is 11.3 Å². The molecule has 1 fully saturated rings. The number of carboxylic acids is 1. The van der Waals surface area contributed by atoms with Crippen LogP contribution in [0.2, 0.25) is 0 Å². The van der Waals surface area contributed by atoms with Crippen molar-refractivity contribution in [2.24, 2.45) is 5.92 Å². The van der Waals surface area contributed by atoms with Crippen molar-refractivity contribution in [1.29, 1.82) is 0 Å². The number of hydrogen-bond donors (Lipinski definition) is 1. The molecule has 0 saturated carbocycles. The minimum atomic E-state index is -5.08. The van der Waals surface area contributed by atoms with Gasteiger partial charge in [0.2, 0.25) is 0 Å². The van der Waals surface area contributed by atoms with Crippen molar-refractivity contribution in [2.75, 3.05) is 26.0 Å². The fraction of sp³-hybridized carbons (Fsp3) is 0.320. The number of hydrogen-bond acceptors (Lipinski definition) is 7. The van der Waals surface area contributed by atoms with E-state index >= 15 is 0 Å². The first-order valence-electron chi connectivity index (χ1n) is 11.4. The number of pyridine rings is 1. The molecule has 1 aliphatic rings. The van der Waals surface area contributed by atoms with E-state index in [-0.39, 0.29) is 5.91 Å². The zero-order valence-electron chi connectivity index (χ0n) is 20.2. The van der Waals surface area contributed by atoms with E-state index in [0.29, 0.717) is 23.2 Å². The molecule has 1 saturated heterocycles. The summed E-state index contributed by atoms with van der Waals surface area (Å²) >= 11 is 1.48. The summed E-state index contributed by atoms with van der Waals surface area (Å²) in [7, 11) is -3.21. The predicted molar refractivity (Wildman–Crippen MR) is 135 cm³/mol. The molecule has 0 spiro atoms. The van der Waals surface area contributed by atoms with E-state index in [2.05, 4.69) is 4.98 Å². The molecule has 1 N–H and O–H groups in total. The summed E-state index contributed by atoms with van der Waals surface area (Å²) in [5.41, 5.74) is 1.61. The van der Waals surface area contributed by atoms with E-state index in [0.717, 1.165) is 42.1 Å². The monoisotopic (exact) mass is 570 g/mol. The van der Waals surface area contributed by atoms with Crippen LogP contribution in [0.15, 0.2) is 65.0 Å². The molecule has 0 bridgehead atoms. The average Bonchev–Trinajstić information content (AvgIpc) is 3.42. The van der Waals surface area contributed by atoms with Crippen LogP contribution in [0.3, 0.4) is 0 Å². The molecule has 3 aromatic rings. The lowest BCUT2D eigenvalue weighted by Gasteiger charge is -2.31. The number of benzene rings is 1. The highest BCUT2D eigenvalue weighted by molar-refractivity contribution is 7.90. The van der Waals surface area contributed by atoms with Crippen molar-refractivity contribution in [3.05, 3.63) is 65.0 Å². The second kappa shape index (κ2) is 12.4. The highest BCUT2D eigenvalue weighted by Gasteiger charge is 2.38. The van der Waals surface area contributed by atoms with Crippen LogP contribution in [-0.4, -0.2) is 67.4 Å². The zero-order chi connectivity index (χ0) is 27.9. The molecule has 13 heteroatoms. The quantitative estimate of drug-likeness (QED) is 0.454. The van der Waals surface area contributed by atoms with E-state index in [1.54, 1.807) is 30.5 Å². The Balaban J connectivity index is 0.000000505. The summed E-state index contributed by atoms with van der Waals surface area (Å²) < 4.78 is 60.8. The third kappa shape index (κ3) is 8.28. The van der Waals surface area contributed by atoms with Gasteiger partial charge in [-0.1, -0.05) is 18.2 Å².